The molecule has 1 aromatic carbocycles. The van der Waals surface area contributed by atoms with E-state index in [1.807, 2.05) is 6.92 Å². The molecule has 0 aliphatic rings. The summed E-state index contributed by atoms with van der Waals surface area (Å²) in [6, 6.07) is 4.45. The summed E-state index contributed by atoms with van der Waals surface area (Å²) in [5.74, 6) is -0.321. The van der Waals surface area contributed by atoms with E-state index in [1.165, 1.54) is 12.1 Å². The van der Waals surface area contributed by atoms with Gasteiger partial charge < -0.3 is 20.3 Å². The molecule has 5 heteroatoms. The Labute approximate surface area is 113 Å². The molecule has 1 atom stereocenters. The average Bonchev–Trinajstić information content (AvgIpc) is 2.20. The normalized spacial score (nSPS) is 12.8. The van der Waals surface area contributed by atoms with Crippen LogP contribution < -0.4 is 5.32 Å². The van der Waals surface area contributed by atoms with Crippen LogP contribution in [0, 0.1) is 0 Å². The van der Waals surface area contributed by atoms with Crippen molar-refractivity contribution in [3.63, 3.8) is 0 Å². The summed E-state index contributed by atoms with van der Waals surface area (Å²) >= 11 is 0. The van der Waals surface area contributed by atoms with Gasteiger partial charge >= 0.3 is 6.09 Å². The number of phenols is 2. The van der Waals surface area contributed by atoms with Crippen LogP contribution in [0.3, 0.4) is 0 Å². The van der Waals surface area contributed by atoms with Gasteiger partial charge in [0.05, 0.1) is 0 Å². The van der Waals surface area contributed by atoms with Gasteiger partial charge in [0.25, 0.3) is 0 Å². The summed E-state index contributed by atoms with van der Waals surface area (Å²) in [4.78, 5) is 11.6. The Bertz CT molecular complexity index is 451. The minimum atomic E-state index is -0.527. The first-order chi connectivity index (χ1) is 8.67. The van der Waals surface area contributed by atoms with Crippen molar-refractivity contribution in [3.8, 4) is 11.5 Å². The van der Waals surface area contributed by atoms with Crippen molar-refractivity contribution in [2.75, 3.05) is 0 Å². The quantitative estimate of drug-likeness (QED) is 0.735. The highest BCUT2D eigenvalue weighted by molar-refractivity contribution is 5.68. The summed E-state index contributed by atoms with van der Waals surface area (Å²) in [7, 11) is 0. The van der Waals surface area contributed by atoms with Crippen LogP contribution in [0.25, 0.3) is 0 Å². The van der Waals surface area contributed by atoms with Gasteiger partial charge in [-0.25, -0.2) is 4.79 Å². The number of ether oxygens (including phenoxy) is 1. The molecular formula is C14H21NO4. The maximum Gasteiger partial charge on any atom is 0.407 e. The topological polar surface area (TPSA) is 78.8 Å². The van der Waals surface area contributed by atoms with Crippen LogP contribution in [0.4, 0.5) is 4.79 Å². The number of carbonyl (C=O) groups is 1. The van der Waals surface area contributed by atoms with Crippen LogP contribution in [0.15, 0.2) is 18.2 Å². The van der Waals surface area contributed by atoms with E-state index >= 15 is 0 Å². The van der Waals surface area contributed by atoms with Crippen molar-refractivity contribution in [3.05, 3.63) is 23.8 Å². The van der Waals surface area contributed by atoms with Gasteiger partial charge in [0.2, 0.25) is 0 Å². The van der Waals surface area contributed by atoms with E-state index in [4.69, 9.17) is 4.74 Å². The summed E-state index contributed by atoms with van der Waals surface area (Å²) in [6.45, 7) is 7.24. The van der Waals surface area contributed by atoms with E-state index in [9.17, 15) is 15.0 Å². The predicted molar refractivity (Wildman–Crippen MR) is 72.3 cm³/mol. The first kappa shape index (κ1) is 15.1. The Kier molecular flexibility index (Phi) is 4.64. The van der Waals surface area contributed by atoms with Gasteiger partial charge in [-0.3, -0.25) is 0 Å². The second-order valence-electron chi connectivity index (χ2n) is 5.57. The van der Waals surface area contributed by atoms with Gasteiger partial charge in [-0.1, -0.05) is 6.07 Å². The largest absolute Gasteiger partial charge is 0.504 e. The van der Waals surface area contributed by atoms with E-state index < -0.39 is 11.7 Å². The number of alkyl carbamates (subject to hydrolysis) is 1. The van der Waals surface area contributed by atoms with Crippen LogP contribution in [0.2, 0.25) is 0 Å². The Hall–Kier alpha value is -1.91. The molecule has 0 radical (unpaired) electrons. The molecule has 0 fully saturated rings. The molecule has 1 amide bonds. The fraction of sp³-hybridized carbons (Fsp3) is 0.500. The Morgan fingerprint density at radius 1 is 1.32 bits per heavy atom. The van der Waals surface area contributed by atoms with Gasteiger partial charge in [0, 0.05) is 6.04 Å². The number of amides is 1. The Morgan fingerprint density at radius 2 is 1.95 bits per heavy atom. The lowest BCUT2D eigenvalue weighted by atomic mass is 10.1. The zero-order valence-corrected chi connectivity index (χ0v) is 11.7. The van der Waals surface area contributed by atoms with E-state index in [0.29, 0.717) is 6.42 Å². The number of nitrogens with one attached hydrogen (secondary N) is 1. The van der Waals surface area contributed by atoms with Crippen molar-refractivity contribution in [2.45, 2.75) is 45.8 Å². The van der Waals surface area contributed by atoms with E-state index in [1.54, 1.807) is 26.8 Å². The number of rotatable bonds is 3. The molecule has 0 aromatic heterocycles. The summed E-state index contributed by atoms with van der Waals surface area (Å²) in [5, 5.41) is 21.3. The molecule has 19 heavy (non-hydrogen) atoms. The molecule has 0 aliphatic carbocycles. The lowest BCUT2D eigenvalue weighted by Gasteiger charge is -2.22. The van der Waals surface area contributed by atoms with Crippen molar-refractivity contribution in [1.29, 1.82) is 0 Å². The highest BCUT2D eigenvalue weighted by Crippen LogP contribution is 2.25. The molecule has 3 N–H and O–H groups in total. The minimum absolute atomic E-state index is 0.140. The van der Waals surface area contributed by atoms with Gasteiger partial charge in [-0.05, 0) is 51.8 Å². The van der Waals surface area contributed by atoms with E-state index in [0.717, 1.165) is 5.56 Å². The monoisotopic (exact) mass is 267 g/mol. The molecule has 0 aliphatic heterocycles. The standard InChI is InChI=1S/C14H21NO4/c1-9(15-13(18)19-14(2,3)4)7-10-5-6-11(16)12(17)8-10/h5-6,8-9,16-17H,7H2,1-4H3,(H,15,18). The Balaban J connectivity index is 2.53. The number of benzene rings is 1. The summed E-state index contributed by atoms with van der Waals surface area (Å²) in [5.41, 5.74) is 0.291. The molecule has 0 saturated heterocycles. The summed E-state index contributed by atoms with van der Waals surface area (Å²) < 4.78 is 5.15. The third-order valence-corrected chi connectivity index (χ3v) is 2.34. The first-order valence-electron chi connectivity index (χ1n) is 6.18. The average molecular weight is 267 g/mol. The zero-order chi connectivity index (χ0) is 14.6. The lowest BCUT2D eigenvalue weighted by Crippen LogP contribution is -2.38. The van der Waals surface area contributed by atoms with Crippen LogP contribution >= 0.6 is 0 Å². The molecular weight excluding hydrogens is 246 g/mol. The molecule has 106 valence electrons. The van der Waals surface area contributed by atoms with Crippen molar-refractivity contribution in [1.82, 2.24) is 5.32 Å². The number of aromatic hydroxyl groups is 2. The SMILES string of the molecule is CC(Cc1ccc(O)c(O)c1)NC(=O)OC(C)(C)C. The van der Waals surface area contributed by atoms with Gasteiger partial charge in [-0.2, -0.15) is 0 Å². The highest BCUT2D eigenvalue weighted by atomic mass is 16.6. The molecule has 0 bridgehead atoms. The molecule has 0 spiro atoms. The van der Waals surface area contributed by atoms with Gasteiger partial charge in [-0.15, -0.1) is 0 Å². The van der Waals surface area contributed by atoms with Crippen LogP contribution in [0.5, 0.6) is 11.5 Å². The second-order valence-corrected chi connectivity index (χ2v) is 5.57. The third kappa shape index (κ3) is 5.50. The molecule has 0 heterocycles. The van der Waals surface area contributed by atoms with Crippen LogP contribution in [0.1, 0.15) is 33.3 Å². The van der Waals surface area contributed by atoms with Gasteiger partial charge in [0.1, 0.15) is 5.60 Å². The van der Waals surface area contributed by atoms with Crippen molar-refractivity contribution in [2.24, 2.45) is 0 Å². The highest BCUT2D eigenvalue weighted by Gasteiger charge is 2.17. The van der Waals surface area contributed by atoms with Crippen molar-refractivity contribution < 1.29 is 19.7 Å². The molecule has 5 nitrogen and oxygen atoms in total. The maximum atomic E-state index is 11.6. The third-order valence-electron chi connectivity index (χ3n) is 2.34. The number of phenolic OH excluding ortho intramolecular Hbond substituents is 2. The Morgan fingerprint density at radius 3 is 2.47 bits per heavy atom. The maximum absolute atomic E-state index is 11.6. The van der Waals surface area contributed by atoms with Crippen LogP contribution in [-0.2, 0) is 11.2 Å². The fourth-order valence-electron chi connectivity index (χ4n) is 1.61. The number of carbonyl (C=O) groups excluding carboxylic acids is 1. The molecule has 1 unspecified atom stereocenters. The van der Waals surface area contributed by atoms with Crippen LogP contribution in [-0.4, -0.2) is 27.9 Å². The first-order valence-corrected chi connectivity index (χ1v) is 6.18. The minimum Gasteiger partial charge on any atom is -0.504 e. The smallest absolute Gasteiger partial charge is 0.407 e. The second kappa shape index (κ2) is 5.82. The van der Waals surface area contributed by atoms with E-state index in [-0.39, 0.29) is 17.5 Å². The zero-order valence-electron chi connectivity index (χ0n) is 11.7. The molecule has 0 saturated carbocycles. The molecule has 1 aromatic rings. The summed E-state index contributed by atoms with van der Waals surface area (Å²) in [6.07, 6.45) is 0.0654. The van der Waals surface area contributed by atoms with Gasteiger partial charge in [0.15, 0.2) is 11.5 Å². The van der Waals surface area contributed by atoms with E-state index in [2.05, 4.69) is 5.32 Å². The lowest BCUT2D eigenvalue weighted by molar-refractivity contribution is 0.0508. The molecule has 1 rings (SSSR count). The fourth-order valence-corrected chi connectivity index (χ4v) is 1.61. The predicted octanol–water partition coefficient (Wildman–Crippen LogP) is 2.55. The number of hydrogen-bond acceptors (Lipinski definition) is 4. The number of hydrogen-bond donors (Lipinski definition) is 3. The van der Waals surface area contributed by atoms with Crippen molar-refractivity contribution >= 4 is 6.09 Å².